The summed E-state index contributed by atoms with van der Waals surface area (Å²) in [4.78, 5) is 0. The molecule has 0 bridgehead atoms. The monoisotopic (exact) mass is 281 g/mol. The molecule has 16 heavy (non-hydrogen) atoms. The Labute approximate surface area is 107 Å². The third-order valence-electron chi connectivity index (χ3n) is 3.48. The maximum Gasteiger partial charge on any atom is 0.0178 e. The lowest BCUT2D eigenvalue weighted by atomic mass is 9.78. The molecule has 0 saturated heterocycles. The summed E-state index contributed by atoms with van der Waals surface area (Å²) in [7, 11) is 0. The third kappa shape index (κ3) is 3.08. The van der Waals surface area contributed by atoms with Crippen molar-refractivity contribution < 1.29 is 0 Å². The second-order valence-electron chi connectivity index (χ2n) is 5.29. The van der Waals surface area contributed by atoms with Crippen LogP contribution in [-0.4, -0.2) is 11.6 Å². The van der Waals surface area contributed by atoms with E-state index in [4.69, 9.17) is 0 Å². The highest BCUT2D eigenvalue weighted by atomic mass is 79.9. The Hall–Kier alpha value is -0.340. The molecule has 1 N–H and O–H groups in total. The van der Waals surface area contributed by atoms with Gasteiger partial charge in [0.05, 0.1) is 0 Å². The van der Waals surface area contributed by atoms with Crippen molar-refractivity contribution in [1.29, 1.82) is 0 Å². The Bertz CT molecular complexity index is 358. The number of hydrogen-bond acceptors (Lipinski definition) is 1. The van der Waals surface area contributed by atoms with Crippen LogP contribution in [-0.2, 0) is 6.42 Å². The summed E-state index contributed by atoms with van der Waals surface area (Å²) in [6.45, 7) is 4.62. The minimum Gasteiger partial charge on any atom is -0.309 e. The van der Waals surface area contributed by atoms with Crippen molar-refractivity contribution in [2.45, 2.75) is 51.1 Å². The number of rotatable bonds is 4. The smallest absolute Gasteiger partial charge is 0.0178 e. The third-order valence-corrected chi connectivity index (χ3v) is 3.98. The normalized spacial score (nSPS) is 20.2. The molecule has 0 amide bonds. The fourth-order valence-corrected chi connectivity index (χ4v) is 2.96. The van der Waals surface area contributed by atoms with Crippen molar-refractivity contribution in [1.82, 2.24) is 5.32 Å². The highest BCUT2D eigenvalue weighted by Crippen LogP contribution is 2.31. The van der Waals surface area contributed by atoms with Crippen LogP contribution in [0.3, 0.4) is 0 Å². The van der Waals surface area contributed by atoms with E-state index in [0.717, 1.165) is 6.42 Å². The first-order chi connectivity index (χ1) is 7.57. The van der Waals surface area contributed by atoms with Crippen molar-refractivity contribution in [3.63, 3.8) is 0 Å². The van der Waals surface area contributed by atoms with Gasteiger partial charge in [-0.15, -0.1) is 0 Å². The van der Waals surface area contributed by atoms with E-state index in [0.29, 0.717) is 11.6 Å². The van der Waals surface area contributed by atoms with Gasteiger partial charge in [-0.25, -0.2) is 0 Å². The summed E-state index contributed by atoms with van der Waals surface area (Å²) in [5, 5.41) is 3.75. The van der Waals surface area contributed by atoms with Crippen LogP contribution in [0.4, 0.5) is 0 Å². The first-order valence-electron chi connectivity index (χ1n) is 6.10. The largest absolute Gasteiger partial charge is 0.309 e. The molecular formula is C14H20BrN. The zero-order valence-corrected chi connectivity index (χ0v) is 11.7. The first kappa shape index (κ1) is 12.1. The summed E-state index contributed by atoms with van der Waals surface area (Å²) in [6.07, 6.45) is 5.15. The van der Waals surface area contributed by atoms with Crippen LogP contribution in [0.25, 0.3) is 0 Å². The minimum absolute atomic E-state index is 0.408. The van der Waals surface area contributed by atoms with Crippen LogP contribution in [0.5, 0.6) is 0 Å². The molecule has 88 valence electrons. The second-order valence-corrected chi connectivity index (χ2v) is 6.21. The van der Waals surface area contributed by atoms with Crippen molar-refractivity contribution in [2.75, 3.05) is 0 Å². The van der Waals surface area contributed by atoms with E-state index < -0.39 is 0 Å². The van der Waals surface area contributed by atoms with Gasteiger partial charge in [0.1, 0.15) is 0 Å². The van der Waals surface area contributed by atoms with Crippen LogP contribution in [0.2, 0.25) is 0 Å². The SMILES string of the molecule is CC(Cc1cccc(Br)c1)NC1(C)CCC1. The summed E-state index contributed by atoms with van der Waals surface area (Å²) in [6, 6.07) is 9.15. The predicted octanol–water partition coefficient (Wildman–Crippen LogP) is 3.91. The molecule has 1 nitrogen and oxygen atoms in total. The zero-order chi connectivity index (χ0) is 11.6. The predicted molar refractivity (Wildman–Crippen MR) is 72.7 cm³/mol. The lowest BCUT2D eigenvalue weighted by molar-refractivity contribution is 0.189. The van der Waals surface area contributed by atoms with Gasteiger partial charge >= 0.3 is 0 Å². The highest BCUT2D eigenvalue weighted by Gasteiger charge is 2.32. The Kier molecular flexibility index (Phi) is 3.70. The van der Waals surface area contributed by atoms with Gasteiger partial charge in [-0.1, -0.05) is 28.1 Å². The average Bonchev–Trinajstić information content (AvgIpc) is 2.15. The molecule has 1 aliphatic rings. The Balaban J connectivity index is 1.89. The van der Waals surface area contributed by atoms with Crippen LogP contribution in [0.1, 0.15) is 38.7 Å². The average molecular weight is 282 g/mol. The number of hydrogen-bond donors (Lipinski definition) is 1. The van der Waals surface area contributed by atoms with Gasteiger partial charge in [0.15, 0.2) is 0 Å². The maximum atomic E-state index is 3.75. The van der Waals surface area contributed by atoms with E-state index in [9.17, 15) is 0 Å². The molecule has 0 aromatic heterocycles. The molecule has 1 fully saturated rings. The topological polar surface area (TPSA) is 12.0 Å². The minimum atomic E-state index is 0.408. The number of nitrogens with one attached hydrogen (secondary N) is 1. The molecule has 0 heterocycles. The molecule has 1 atom stereocenters. The summed E-state index contributed by atoms with van der Waals surface area (Å²) in [5.74, 6) is 0. The second kappa shape index (κ2) is 4.89. The Morgan fingerprint density at radius 1 is 1.44 bits per heavy atom. The van der Waals surface area contributed by atoms with Gasteiger partial charge in [0.2, 0.25) is 0 Å². The van der Waals surface area contributed by atoms with E-state index >= 15 is 0 Å². The summed E-state index contributed by atoms with van der Waals surface area (Å²) in [5.41, 5.74) is 1.81. The quantitative estimate of drug-likeness (QED) is 0.882. The number of halogens is 1. The van der Waals surface area contributed by atoms with Crippen molar-refractivity contribution in [3.05, 3.63) is 34.3 Å². The Morgan fingerprint density at radius 3 is 2.75 bits per heavy atom. The molecule has 0 aliphatic heterocycles. The van der Waals surface area contributed by atoms with Crippen LogP contribution >= 0.6 is 15.9 Å². The molecule has 0 spiro atoms. The maximum absolute atomic E-state index is 3.75. The van der Waals surface area contributed by atoms with Gasteiger partial charge in [0.25, 0.3) is 0 Å². The fraction of sp³-hybridized carbons (Fsp3) is 0.571. The molecule has 2 rings (SSSR count). The van der Waals surface area contributed by atoms with Crippen molar-refractivity contribution in [2.24, 2.45) is 0 Å². The molecule has 1 saturated carbocycles. The Morgan fingerprint density at radius 2 is 2.19 bits per heavy atom. The zero-order valence-electron chi connectivity index (χ0n) is 10.1. The highest BCUT2D eigenvalue weighted by molar-refractivity contribution is 9.10. The van der Waals surface area contributed by atoms with Gasteiger partial charge in [0, 0.05) is 16.1 Å². The molecular weight excluding hydrogens is 262 g/mol. The summed E-state index contributed by atoms with van der Waals surface area (Å²) >= 11 is 3.52. The molecule has 1 aromatic rings. The number of benzene rings is 1. The van der Waals surface area contributed by atoms with Gasteiger partial charge in [-0.2, -0.15) is 0 Å². The molecule has 0 radical (unpaired) electrons. The fourth-order valence-electron chi connectivity index (χ4n) is 2.51. The lowest BCUT2D eigenvalue weighted by Crippen LogP contribution is -2.52. The van der Waals surface area contributed by atoms with E-state index in [1.54, 1.807) is 0 Å². The summed E-state index contributed by atoms with van der Waals surface area (Å²) < 4.78 is 1.17. The van der Waals surface area contributed by atoms with Crippen molar-refractivity contribution in [3.8, 4) is 0 Å². The van der Waals surface area contributed by atoms with Crippen LogP contribution in [0.15, 0.2) is 28.7 Å². The lowest BCUT2D eigenvalue weighted by Gasteiger charge is -2.41. The molecule has 1 aromatic carbocycles. The van der Waals surface area contributed by atoms with E-state index in [1.165, 1.54) is 29.3 Å². The van der Waals surface area contributed by atoms with E-state index in [-0.39, 0.29) is 0 Å². The molecule has 1 aliphatic carbocycles. The van der Waals surface area contributed by atoms with Crippen LogP contribution in [0, 0.1) is 0 Å². The standard InChI is InChI=1S/C14H20BrN/c1-11(16-14(2)7-4-8-14)9-12-5-3-6-13(15)10-12/h3,5-6,10-11,16H,4,7-9H2,1-2H3. The van der Waals surface area contributed by atoms with Crippen molar-refractivity contribution >= 4 is 15.9 Å². The van der Waals surface area contributed by atoms with E-state index in [2.05, 4.69) is 59.4 Å². The molecule has 1 unspecified atom stereocenters. The van der Waals surface area contributed by atoms with Gasteiger partial charge in [-0.05, 0) is 57.2 Å². The first-order valence-corrected chi connectivity index (χ1v) is 6.89. The van der Waals surface area contributed by atoms with Gasteiger partial charge in [-0.3, -0.25) is 0 Å². The van der Waals surface area contributed by atoms with E-state index in [1.807, 2.05) is 0 Å². The molecule has 2 heteroatoms. The van der Waals surface area contributed by atoms with Gasteiger partial charge < -0.3 is 5.32 Å². The van der Waals surface area contributed by atoms with Crippen LogP contribution < -0.4 is 5.32 Å².